The molecular formula is C16H22N2O4. The van der Waals surface area contributed by atoms with E-state index >= 15 is 0 Å². The molecule has 0 radical (unpaired) electrons. The minimum atomic E-state index is -0.865. The first-order valence-electron chi connectivity index (χ1n) is 7.93. The van der Waals surface area contributed by atoms with E-state index in [-0.39, 0.29) is 6.61 Å². The van der Waals surface area contributed by atoms with Crippen molar-refractivity contribution in [1.29, 1.82) is 0 Å². The first-order valence-corrected chi connectivity index (χ1v) is 7.93. The van der Waals surface area contributed by atoms with Crippen LogP contribution in [0.3, 0.4) is 0 Å². The predicted octanol–water partition coefficient (Wildman–Crippen LogP) is 0.293. The molecule has 2 atom stereocenters. The summed E-state index contributed by atoms with van der Waals surface area (Å²) < 4.78 is 16.4. The summed E-state index contributed by atoms with van der Waals surface area (Å²) in [4.78, 5) is 4.92. The largest absolute Gasteiger partial charge is 0.483 e. The van der Waals surface area contributed by atoms with Gasteiger partial charge in [0.25, 0.3) is 0 Å². The van der Waals surface area contributed by atoms with Gasteiger partial charge in [-0.05, 0) is 6.07 Å². The van der Waals surface area contributed by atoms with Crippen molar-refractivity contribution >= 4 is 0 Å². The van der Waals surface area contributed by atoms with Crippen molar-refractivity contribution in [1.82, 2.24) is 9.80 Å². The standard InChI is InChI=1S/C16H22N2O4/c19-15-11-21-16-12(2-1-3-14(16)22-15)8-17-4-6-18(7-5-17)9-13-10-20-13/h1-3,13,15,19H,4-11H2. The number of aliphatic hydroxyl groups is 1. The zero-order valence-corrected chi connectivity index (χ0v) is 12.6. The van der Waals surface area contributed by atoms with Gasteiger partial charge in [-0.1, -0.05) is 12.1 Å². The molecule has 3 heterocycles. The normalized spacial score (nSPS) is 28.6. The van der Waals surface area contributed by atoms with E-state index < -0.39 is 6.29 Å². The minimum Gasteiger partial charge on any atom is -0.483 e. The van der Waals surface area contributed by atoms with Gasteiger partial charge in [-0.15, -0.1) is 0 Å². The molecular weight excluding hydrogens is 284 g/mol. The molecule has 0 aliphatic carbocycles. The van der Waals surface area contributed by atoms with E-state index in [1.165, 1.54) is 0 Å². The summed E-state index contributed by atoms with van der Waals surface area (Å²) >= 11 is 0. The second kappa shape index (κ2) is 6.04. The summed E-state index contributed by atoms with van der Waals surface area (Å²) in [7, 11) is 0. The van der Waals surface area contributed by atoms with Crippen molar-refractivity contribution < 1.29 is 19.3 Å². The lowest BCUT2D eigenvalue weighted by Gasteiger charge is -2.35. The van der Waals surface area contributed by atoms with Crippen LogP contribution in [0.2, 0.25) is 0 Å². The van der Waals surface area contributed by atoms with E-state index in [0.717, 1.165) is 57.2 Å². The van der Waals surface area contributed by atoms with Crippen molar-refractivity contribution in [2.45, 2.75) is 18.9 Å². The van der Waals surface area contributed by atoms with Crippen LogP contribution in [0.25, 0.3) is 0 Å². The molecule has 1 aromatic carbocycles. The number of fused-ring (bicyclic) bond motifs is 1. The fourth-order valence-corrected chi connectivity index (χ4v) is 3.11. The first-order chi connectivity index (χ1) is 10.8. The molecule has 3 aliphatic rings. The summed E-state index contributed by atoms with van der Waals surface area (Å²) in [5, 5.41) is 9.50. The fraction of sp³-hybridized carbons (Fsp3) is 0.625. The molecule has 6 heteroatoms. The monoisotopic (exact) mass is 306 g/mol. The van der Waals surface area contributed by atoms with Crippen molar-refractivity contribution in [2.24, 2.45) is 0 Å². The molecule has 6 nitrogen and oxygen atoms in total. The Labute approximate surface area is 130 Å². The molecule has 2 unspecified atom stereocenters. The van der Waals surface area contributed by atoms with E-state index in [1.807, 2.05) is 12.1 Å². The van der Waals surface area contributed by atoms with Crippen LogP contribution in [0.4, 0.5) is 0 Å². The van der Waals surface area contributed by atoms with Crippen molar-refractivity contribution in [3.63, 3.8) is 0 Å². The lowest BCUT2D eigenvalue weighted by molar-refractivity contribution is -0.0676. The second-order valence-electron chi connectivity index (χ2n) is 6.16. The smallest absolute Gasteiger partial charge is 0.232 e. The Kier molecular flexibility index (Phi) is 3.92. The zero-order chi connectivity index (χ0) is 14.9. The molecule has 0 spiro atoms. The molecule has 0 bridgehead atoms. The van der Waals surface area contributed by atoms with Gasteiger partial charge in [0.2, 0.25) is 6.29 Å². The van der Waals surface area contributed by atoms with E-state index in [1.54, 1.807) is 0 Å². The third-order valence-electron chi connectivity index (χ3n) is 4.42. The third-order valence-corrected chi connectivity index (χ3v) is 4.42. The van der Waals surface area contributed by atoms with Crippen LogP contribution in [-0.2, 0) is 11.3 Å². The van der Waals surface area contributed by atoms with E-state index in [0.29, 0.717) is 11.9 Å². The highest BCUT2D eigenvalue weighted by atomic mass is 16.7. The Balaban J connectivity index is 1.36. The lowest BCUT2D eigenvalue weighted by Crippen LogP contribution is -2.47. The van der Waals surface area contributed by atoms with Gasteiger partial charge in [0.05, 0.1) is 12.7 Å². The molecule has 2 saturated heterocycles. The Morgan fingerprint density at radius 2 is 1.86 bits per heavy atom. The van der Waals surface area contributed by atoms with Gasteiger partial charge >= 0.3 is 0 Å². The van der Waals surface area contributed by atoms with Crippen molar-refractivity contribution in [3.8, 4) is 11.5 Å². The molecule has 0 aromatic heterocycles. The minimum absolute atomic E-state index is 0.194. The highest BCUT2D eigenvalue weighted by Crippen LogP contribution is 2.35. The summed E-state index contributed by atoms with van der Waals surface area (Å²) in [6.07, 6.45) is -0.388. The van der Waals surface area contributed by atoms with E-state index in [2.05, 4.69) is 15.9 Å². The van der Waals surface area contributed by atoms with Crippen LogP contribution in [0.15, 0.2) is 18.2 Å². The molecule has 1 N–H and O–H groups in total. The summed E-state index contributed by atoms with van der Waals surface area (Å²) in [5.41, 5.74) is 1.13. The van der Waals surface area contributed by atoms with Crippen LogP contribution in [0, 0.1) is 0 Å². The Bertz CT molecular complexity index is 527. The molecule has 1 aromatic rings. The SMILES string of the molecule is OC1COc2c(CN3CCN(CC4CO4)CC3)cccc2O1. The summed E-state index contributed by atoms with van der Waals surface area (Å²) in [6, 6.07) is 5.87. The number of para-hydroxylation sites is 1. The maximum atomic E-state index is 9.50. The van der Waals surface area contributed by atoms with E-state index in [9.17, 15) is 5.11 Å². The number of rotatable bonds is 4. The molecule has 4 rings (SSSR count). The van der Waals surface area contributed by atoms with Crippen molar-refractivity contribution in [3.05, 3.63) is 23.8 Å². The summed E-state index contributed by atoms with van der Waals surface area (Å²) in [6.45, 7) is 7.34. The Morgan fingerprint density at radius 3 is 2.64 bits per heavy atom. The number of hydrogen-bond acceptors (Lipinski definition) is 6. The number of benzene rings is 1. The number of nitrogens with zero attached hydrogens (tertiary/aromatic N) is 2. The summed E-state index contributed by atoms with van der Waals surface area (Å²) in [5.74, 6) is 1.42. The van der Waals surface area contributed by atoms with Crippen LogP contribution in [0.1, 0.15) is 5.56 Å². The fourth-order valence-electron chi connectivity index (χ4n) is 3.11. The van der Waals surface area contributed by atoms with Gasteiger partial charge in [-0.3, -0.25) is 9.80 Å². The van der Waals surface area contributed by atoms with Crippen LogP contribution < -0.4 is 9.47 Å². The molecule has 0 saturated carbocycles. The van der Waals surface area contributed by atoms with Gasteiger partial charge < -0.3 is 19.3 Å². The lowest BCUT2D eigenvalue weighted by atomic mass is 10.1. The van der Waals surface area contributed by atoms with Gasteiger partial charge in [0.15, 0.2) is 18.1 Å². The number of epoxide rings is 1. The average Bonchev–Trinajstić information content (AvgIpc) is 3.33. The Morgan fingerprint density at radius 1 is 1.09 bits per heavy atom. The predicted molar refractivity (Wildman–Crippen MR) is 80.0 cm³/mol. The van der Waals surface area contributed by atoms with E-state index in [4.69, 9.17) is 14.2 Å². The zero-order valence-electron chi connectivity index (χ0n) is 12.6. The first kappa shape index (κ1) is 14.3. The quantitative estimate of drug-likeness (QED) is 0.807. The van der Waals surface area contributed by atoms with Gasteiger partial charge in [-0.25, -0.2) is 0 Å². The number of ether oxygens (including phenoxy) is 3. The van der Waals surface area contributed by atoms with Crippen LogP contribution >= 0.6 is 0 Å². The van der Waals surface area contributed by atoms with Gasteiger partial charge in [0.1, 0.15) is 0 Å². The highest BCUT2D eigenvalue weighted by Gasteiger charge is 2.28. The number of aliphatic hydroxyl groups excluding tert-OH is 1. The van der Waals surface area contributed by atoms with Gasteiger partial charge in [0, 0.05) is 44.8 Å². The second-order valence-corrected chi connectivity index (χ2v) is 6.16. The molecule has 22 heavy (non-hydrogen) atoms. The van der Waals surface area contributed by atoms with Crippen LogP contribution in [0.5, 0.6) is 11.5 Å². The number of piperazine rings is 1. The van der Waals surface area contributed by atoms with Crippen LogP contribution in [-0.4, -0.2) is 73.2 Å². The molecule has 0 amide bonds. The topological polar surface area (TPSA) is 57.7 Å². The average molecular weight is 306 g/mol. The maximum absolute atomic E-state index is 9.50. The molecule has 2 fully saturated rings. The molecule has 3 aliphatic heterocycles. The third kappa shape index (κ3) is 3.20. The number of hydrogen-bond donors (Lipinski definition) is 1. The van der Waals surface area contributed by atoms with Gasteiger partial charge in [-0.2, -0.15) is 0 Å². The molecule has 120 valence electrons. The van der Waals surface area contributed by atoms with Crippen molar-refractivity contribution in [2.75, 3.05) is 45.9 Å². The highest BCUT2D eigenvalue weighted by molar-refractivity contribution is 5.47. The maximum Gasteiger partial charge on any atom is 0.232 e. The Hall–Kier alpha value is -1.34.